The van der Waals surface area contributed by atoms with Gasteiger partial charge in [0, 0.05) is 25.7 Å². The van der Waals surface area contributed by atoms with Crippen LogP contribution in [0.3, 0.4) is 0 Å². The molecule has 0 aliphatic carbocycles. The number of hydrogen-bond donors (Lipinski definition) is 3. The van der Waals surface area contributed by atoms with E-state index in [2.05, 4.69) is 71.4 Å². The average Bonchev–Trinajstić information content (AvgIpc) is 3.28. The molecule has 0 amide bonds. The second-order valence-corrected chi connectivity index (χ2v) is 9.38. The van der Waals surface area contributed by atoms with Crippen LogP contribution in [0.2, 0.25) is 0 Å². The first kappa shape index (κ1) is 17.9. The third kappa shape index (κ3) is 3.69. The summed E-state index contributed by atoms with van der Waals surface area (Å²) in [6.07, 6.45) is 5.85. The highest BCUT2D eigenvalue weighted by Gasteiger charge is 2.24. The van der Waals surface area contributed by atoms with Crippen molar-refractivity contribution < 1.29 is 0 Å². The predicted molar refractivity (Wildman–Crippen MR) is 104 cm³/mol. The van der Waals surface area contributed by atoms with Gasteiger partial charge in [-0.1, -0.05) is 41.5 Å². The SMILES string of the molecule is CC(C)c1ncc(P(c2cnc(C(C)C)[nH]2)c2cnc(C(C)C)[nH]2)[nH]1. The molecule has 134 valence electrons. The zero-order valence-electron chi connectivity index (χ0n) is 15.8. The van der Waals surface area contributed by atoms with Crippen LogP contribution in [0, 0.1) is 0 Å². The second kappa shape index (κ2) is 7.12. The van der Waals surface area contributed by atoms with Gasteiger partial charge in [0.25, 0.3) is 0 Å². The summed E-state index contributed by atoms with van der Waals surface area (Å²) < 4.78 is 0. The zero-order chi connectivity index (χ0) is 18.1. The van der Waals surface area contributed by atoms with Crippen molar-refractivity contribution in [3.63, 3.8) is 0 Å². The molecule has 0 saturated heterocycles. The van der Waals surface area contributed by atoms with E-state index in [1.807, 2.05) is 18.6 Å². The summed E-state index contributed by atoms with van der Waals surface area (Å²) in [6, 6.07) is 0. The van der Waals surface area contributed by atoms with Crippen LogP contribution in [-0.4, -0.2) is 29.9 Å². The third-order valence-corrected chi connectivity index (χ3v) is 6.24. The van der Waals surface area contributed by atoms with Gasteiger partial charge in [-0.25, -0.2) is 15.0 Å². The Morgan fingerprint density at radius 1 is 0.600 bits per heavy atom. The van der Waals surface area contributed by atoms with E-state index >= 15 is 0 Å². The van der Waals surface area contributed by atoms with Crippen molar-refractivity contribution in [2.75, 3.05) is 0 Å². The van der Waals surface area contributed by atoms with Crippen LogP contribution in [0.25, 0.3) is 0 Å². The molecule has 7 heteroatoms. The monoisotopic (exact) mass is 358 g/mol. The number of H-pyrrole nitrogens is 3. The first-order valence-corrected chi connectivity index (χ1v) is 10.2. The van der Waals surface area contributed by atoms with Crippen molar-refractivity contribution in [3.05, 3.63) is 36.1 Å². The van der Waals surface area contributed by atoms with E-state index in [1.165, 1.54) is 0 Å². The molecule has 0 bridgehead atoms. The Balaban J connectivity index is 2.05. The summed E-state index contributed by atoms with van der Waals surface area (Å²) in [7, 11) is -0.812. The van der Waals surface area contributed by atoms with Crippen LogP contribution in [-0.2, 0) is 0 Å². The Kier molecular flexibility index (Phi) is 5.09. The molecule has 25 heavy (non-hydrogen) atoms. The van der Waals surface area contributed by atoms with Crippen LogP contribution < -0.4 is 16.3 Å². The van der Waals surface area contributed by atoms with E-state index < -0.39 is 7.92 Å². The summed E-state index contributed by atoms with van der Waals surface area (Å²) in [4.78, 5) is 24.2. The molecule has 3 aromatic heterocycles. The summed E-state index contributed by atoms with van der Waals surface area (Å²) in [5, 5.41) is 0. The predicted octanol–water partition coefficient (Wildman–Crippen LogP) is 2.98. The topological polar surface area (TPSA) is 86.0 Å². The fraction of sp³-hybridized carbons (Fsp3) is 0.500. The van der Waals surface area contributed by atoms with Gasteiger partial charge in [0.05, 0.1) is 34.9 Å². The van der Waals surface area contributed by atoms with Gasteiger partial charge in [-0.3, -0.25) is 0 Å². The van der Waals surface area contributed by atoms with Crippen molar-refractivity contribution >= 4 is 24.2 Å². The number of nitrogens with zero attached hydrogens (tertiary/aromatic N) is 3. The van der Waals surface area contributed by atoms with Gasteiger partial charge >= 0.3 is 0 Å². The highest BCUT2D eigenvalue weighted by molar-refractivity contribution is 7.79. The highest BCUT2D eigenvalue weighted by Crippen LogP contribution is 2.31. The maximum Gasteiger partial charge on any atom is 0.109 e. The first-order valence-electron chi connectivity index (χ1n) is 8.81. The number of imidazole rings is 3. The molecule has 6 nitrogen and oxygen atoms in total. The van der Waals surface area contributed by atoms with E-state index in [-0.39, 0.29) is 0 Å². The first-order chi connectivity index (χ1) is 11.9. The number of nitrogens with one attached hydrogen (secondary N) is 3. The minimum atomic E-state index is -0.812. The second-order valence-electron chi connectivity index (χ2n) is 7.26. The number of rotatable bonds is 6. The minimum absolute atomic E-state index is 0.367. The summed E-state index contributed by atoms with van der Waals surface area (Å²) in [6.45, 7) is 12.9. The smallest absolute Gasteiger partial charge is 0.109 e. The van der Waals surface area contributed by atoms with Gasteiger partial charge in [-0.15, -0.1) is 0 Å². The fourth-order valence-corrected chi connectivity index (χ4v) is 4.57. The normalized spacial score (nSPS) is 12.2. The quantitative estimate of drug-likeness (QED) is 0.592. The third-order valence-electron chi connectivity index (χ3n) is 4.11. The lowest BCUT2D eigenvalue weighted by atomic mass is 10.2. The van der Waals surface area contributed by atoms with Crippen molar-refractivity contribution in [1.82, 2.24) is 29.9 Å². The van der Waals surface area contributed by atoms with Gasteiger partial charge in [0.1, 0.15) is 17.5 Å². The molecular weight excluding hydrogens is 331 g/mol. The Morgan fingerprint density at radius 3 is 1.08 bits per heavy atom. The molecule has 3 aromatic rings. The van der Waals surface area contributed by atoms with Crippen molar-refractivity contribution in [2.45, 2.75) is 59.3 Å². The molecule has 0 aromatic carbocycles. The van der Waals surface area contributed by atoms with Crippen molar-refractivity contribution in [1.29, 1.82) is 0 Å². The number of aromatic amines is 3. The largest absolute Gasteiger partial charge is 0.341 e. The maximum absolute atomic E-state index is 4.56. The van der Waals surface area contributed by atoms with Crippen LogP contribution in [0.4, 0.5) is 0 Å². The van der Waals surface area contributed by atoms with Crippen molar-refractivity contribution in [3.8, 4) is 0 Å². The van der Waals surface area contributed by atoms with Gasteiger partial charge in [0.15, 0.2) is 0 Å². The molecule has 0 unspecified atom stereocenters. The number of aromatic nitrogens is 6. The van der Waals surface area contributed by atoms with Gasteiger partial charge in [-0.2, -0.15) is 0 Å². The Hall–Kier alpha value is -1.94. The van der Waals surface area contributed by atoms with Crippen LogP contribution >= 0.6 is 7.92 Å². The van der Waals surface area contributed by atoms with E-state index in [1.54, 1.807) is 0 Å². The standard InChI is InChI=1S/C18H27N6P/c1-10(2)16-19-7-13(22-16)25(14-8-20-17(23-14)11(3)4)15-9-21-18(24-15)12(5)6/h7-12H,1-6H3,(H,19,22)(H,20,23)(H,21,24). The summed E-state index contributed by atoms with van der Waals surface area (Å²) in [5.74, 6) is 4.13. The van der Waals surface area contributed by atoms with Crippen molar-refractivity contribution in [2.24, 2.45) is 0 Å². The van der Waals surface area contributed by atoms with E-state index in [4.69, 9.17) is 0 Å². The summed E-state index contributed by atoms with van der Waals surface area (Å²) in [5.41, 5.74) is 3.32. The average molecular weight is 358 g/mol. The van der Waals surface area contributed by atoms with E-state index in [9.17, 15) is 0 Å². The highest BCUT2D eigenvalue weighted by atomic mass is 31.1. The molecule has 0 aliphatic heterocycles. The lowest BCUT2D eigenvalue weighted by molar-refractivity contribution is 0.795. The van der Waals surface area contributed by atoms with Crippen LogP contribution in [0.5, 0.6) is 0 Å². The molecule has 0 fully saturated rings. The minimum Gasteiger partial charge on any atom is -0.341 e. The number of hydrogen-bond acceptors (Lipinski definition) is 3. The van der Waals surface area contributed by atoms with Crippen LogP contribution in [0.15, 0.2) is 18.6 Å². The fourth-order valence-electron chi connectivity index (χ4n) is 2.59. The van der Waals surface area contributed by atoms with Gasteiger partial charge < -0.3 is 15.0 Å². The molecule has 0 radical (unpaired) electrons. The van der Waals surface area contributed by atoms with Crippen LogP contribution in [0.1, 0.15) is 76.8 Å². The summed E-state index contributed by atoms with van der Waals surface area (Å²) >= 11 is 0. The van der Waals surface area contributed by atoms with Gasteiger partial charge in [-0.05, 0) is 0 Å². The molecular formula is C18H27N6P. The molecule has 0 aliphatic rings. The maximum atomic E-state index is 4.56. The van der Waals surface area contributed by atoms with E-state index in [0.717, 1.165) is 33.8 Å². The molecule has 3 heterocycles. The Labute approximate surface area is 150 Å². The molecule has 3 rings (SSSR count). The molecule has 0 spiro atoms. The Morgan fingerprint density at radius 2 is 0.880 bits per heavy atom. The molecule has 0 atom stereocenters. The lowest BCUT2D eigenvalue weighted by Crippen LogP contribution is -2.23. The Bertz CT molecular complexity index is 716. The van der Waals surface area contributed by atoms with Gasteiger partial charge in [0.2, 0.25) is 0 Å². The van der Waals surface area contributed by atoms with E-state index in [0.29, 0.717) is 17.8 Å². The molecule has 0 saturated carbocycles. The zero-order valence-corrected chi connectivity index (χ0v) is 16.6. The molecule has 3 N–H and O–H groups in total. The lowest BCUT2D eigenvalue weighted by Gasteiger charge is -2.13.